The van der Waals surface area contributed by atoms with E-state index in [0.717, 1.165) is 19.5 Å². The predicted octanol–water partition coefficient (Wildman–Crippen LogP) is 2.54. The summed E-state index contributed by atoms with van der Waals surface area (Å²) in [6, 6.07) is 7.87. The molecule has 2 heterocycles. The van der Waals surface area contributed by atoms with Gasteiger partial charge in [0.25, 0.3) is 5.91 Å². The third kappa shape index (κ3) is 4.22. The summed E-state index contributed by atoms with van der Waals surface area (Å²) < 4.78 is 19.0. The third-order valence-corrected chi connectivity index (χ3v) is 4.78. The van der Waals surface area contributed by atoms with Gasteiger partial charge in [-0.15, -0.1) is 0 Å². The second kappa shape index (κ2) is 7.45. The van der Waals surface area contributed by atoms with Crippen LogP contribution in [0.2, 0.25) is 0 Å². The molecule has 7 heteroatoms. The highest BCUT2D eigenvalue weighted by atomic mass is 19.1. The number of amides is 1. The number of halogens is 1. The summed E-state index contributed by atoms with van der Waals surface area (Å²) in [4.78, 5) is 16.6. The first-order valence-electron chi connectivity index (χ1n) is 8.72. The Balaban J connectivity index is 1.58. The Bertz CT molecular complexity index is 778. The zero-order valence-electron chi connectivity index (χ0n) is 15.5. The number of carbonyl (C=O) groups excluding carboxylic acids is 1. The Morgan fingerprint density at radius 3 is 2.92 bits per heavy atom. The quantitative estimate of drug-likeness (QED) is 0.860. The van der Waals surface area contributed by atoms with Gasteiger partial charge in [0.15, 0.2) is 17.3 Å². The van der Waals surface area contributed by atoms with Crippen molar-refractivity contribution >= 4 is 5.91 Å². The molecule has 0 saturated carbocycles. The highest BCUT2D eigenvalue weighted by Gasteiger charge is 2.34. The van der Waals surface area contributed by atoms with Crippen molar-refractivity contribution in [3.8, 4) is 5.75 Å². The standard InChI is InChI=1S/C19H25FN4O2/c1-19(8-9-23(2)12-19)13-24(3)18(25)16-10-14(21-22-16)11-26-17-7-5-4-6-15(17)20/h4-7,10H,8-9,11-13H2,1-3H3,(H,21,22)/t19-/m1/s1. The fourth-order valence-electron chi connectivity index (χ4n) is 3.50. The van der Waals surface area contributed by atoms with E-state index < -0.39 is 5.82 Å². The fraction of sp³-hybridized carbons (Fsp3) is 0.474. The molecule has 0 spiro atoms. The lowest BCUT2D eigenvalue weighted by Gasteiger charge is -2.29. The Labute approximate surface area is 152 Å². The maximum atomic E-state index is 13.6. The summed E-state index contributed by atoms with van der Waals surface area (Å²) in [5, 5.41) is 6.87. The van der Waals surface area contributed by atoms with E-state index >= 15 is 0 Å². The van der Waals surface area contributed by atoms with E-state index in [1.807, 2.05) is 0 Å². The van der Waals surface area contributed by atoms with Crippen LogP contribution >= 0.6 is 0 Å². The average Bonchev–Trinajstić information content (AvgIpc) is 3.20. The Morgan fingerprint density at radius 1 is 1.46 bits per heavy atom. The lowest BCUT2D eigenvalue weighted by molar-refractivity contribution is 0.0724. The number of nitrogens with one attached hydrogen (secondary N) is 1. The largest absolute Gasteiger partial charge is 0.484 e. The number of H-pyrrole nitrogens is 1. The number of aromatic nitrogens is 2. The van der Waals surface area contributed by atoms with Crippen molar-refractivity contribution in [3.63, 3.8) is 0 Å². The van der Waals surface area contributed by atoms with Gasteiger partial charge >= 0.3 is 0 Å². The summed E-state index contributed by atoms with van der Waals surface area (Å²) in [5.41, 5.74) is 1.07. The minimum absolute atomic E-state index is 0.103. The van der Waals surface area contributed by atoms with Crippen molar-refractivity contribution in [2.24, 2.45) is 5.41 Å². The molecule has 0 radical (unpaired) electrons. The molecule has 1 N–H and O–H groups in total. The molecule has 1 aromatic carbocycles. The highest BCUT2D eigenvalue weighted by molar-refractivity contribution is 5.92. The minimum atomic E-state index is -0.419. The van der Waals surface area contributed by atoms with E-state index in [2.05, 4.69) is 29.1 Å². The van der Waals surface area contributed by atoms with E-state index in [0.29, 0.717) is 17.9 Å². The minimum Gasteiger partial charge on any atom is -0.484 e. The van der Waals surface area contributed by atoms with Crippen LogP contribution in [0.1, 0.15) is 29.5 Å². The van der Waals surface area contributed by atoms with Gasteiger partial charge in [-0.05, 0) is 43.6 Å². The number of benzene rings is 1. The molecule has 3 rings (SSSR count). The maximum Gasteiger partial charge on any atom is 0.274 e. The molecule has 1 saturated heterocycles. The van der Waals surface area contributed by atoms with Gasteiger partial charge in [0.05, 0.1) is 5.69 Å². The van der Waals surface area contributed by atoms with Gasteiger partial charge in [0.1, 0.15) is 6.61 Å². The molecule has 0 bridgehead atoms. The van der Waals surface area contributed by atoms with Gasteiger partial charge in [0.2, 0.25) is 0 Å². The number of rotatable bonds is 6. The van der Waals surface area contributed by atoms with E-state index in [1.54, 1.807) is 36.2 Å². The van der Waals surface area contributed by atoms with Crippen LogP contribution in [0.3, 0.4) is 0 Å². The van der Waals surface area contributed by atoms with Crippen LogP contribution in [0, 0.1) is 11.2 Å². The van der Waals surface area contributed by atoms with Crippen LogP contribution in [-0.4, -0.2) is 59.6 Å². The predicted molar refractivity (Wildman–Crippen MR) is 96.5 cm³/mol. The van der Waals surface area contributed by atoms with Crippen molar-refractivity contribution in [1.82, 2.24) is 20.0 Å². The van der Waals surface area contributed by atoms with E-state index in [-0.39, 0.29) is 23.7 Å². The van der Waals surface area contributed by atoms with Gasteiger partial charge in [-0.3, -0.25) is 9.89 Å². The molecule has 1 aliphatic heterocycles. The molecular formula is C19H25FN4O2. The van der Waals surface area contributed by atoms with Crippen molar-refractivity contribution in [3.05, 3.63) is 47.5 Å². The molecule has 2 aromatic rings. The van der Waals surface area contributed by atoms with Crippen molar-refractivity contribution in [2.45, 2.75) is 20.0 Å². The smallest absolute Gasteiger partial charge is 0.274 e. The number of hydrogen-bond donors (Lipinski definition) is 1. The summed E-state index contributed by atoms with van der Waals surface area (Å²) in [6.07, 6.45) is 1.07. The number of nitrogens with zero attached hydrogens (tertiary/aromatic N) is 3. The molecule has 1 aliphatic rings. The van der Waals surface area contributed by atoms with Crippen LogP contribution in [0.15, 0.2) is 30.3 Å². The summed E-state index contributed by atoms with van der Waals surface area (Å²) in [7, 11) is 3.90. The molecule has 0 aliphatic carbocycles. The zero-order valence-corrected chi connectivity index (χ0v) is 15.5. The SMILES string of the molecule is CN1CC[C@@](C)(CN(C)C(=O)c2cc(COc3ccccc3F)[nH]n2)C1. The Kier molecular flexibility index (Phi) is 5.27. The maximum absolute atomic E-state index is 13.6. The first-order valence-corrected chi connectivity index (χ1v) is 8.72. The van der Waals surface area contributed by atoms with E-state index in [1.165, 1.54) is 6.07 Å². The lowest BCUT2D eigenvalue weighted by atomic mass is 9.89. The van der Waals surface area contributed by atoms with Crippen LogP contribution in [0.4, 0.5) is 4.39 Å². The van der Waals surface area contributed by atoms with Crippen molar-refractivity contribution in [1.29, 1.82) is 0 Å². The molecular weight excluding hydrogens is 335 g/mol. The fourth-order valence-corrected chi connectivity index (χ4v) is 3.50. The number of hydrogen-bond acceptors (Lipinski definition) is 4. The van der Waals surface area contributed by atoms with Gasteiger partial charge < -0.3 is 14.5 Å². The van der Waals surface area contributed by atoms with Crippen LogP contribution in [0.5, 0.6) is 5.75 Å². The number of ether oxygens (including phenoxy) is 1. The summed E-state index contributed by atoms with van der Waals surface area (Å²) in [6.45, 7) is 5.04. The van der Waals surface area contributed by atoms with Gasteiger partial charge in [-0.1, -0.05) is 19.1 Å². The number of aromatic amines is 1. The second-order valence-electron chi connectivity index (χ2n) is 7.46. The molecule has 0 unspecified atom stereocenters. The number of likely N-dealkylation sites (tertiary alicyclic amines) is 1. The zero-order chi connectivity index (χ0) is 18.7. The van der Waals surface area contributed by atoms with Gasteiger partial charge in [-0.2, -0.15) is 5.10 Å². The van der Waals surface area contributed by atoms with Crippen molar-refractivity contribution < 1.29 is 13.9 Å². The molecule has 26 heavy (non-hydrogen) atoms. The topological polar surface area (TPSA) is 61.5 Å². The molecule has 1 amide bonds. The van der Waals surface area contributed by atoms with E-state index in [9.17, 15) is 9.18 Å². The molecule has 6 nitrogen and oxygen atoms in total. The lowest BCUT2D eigenvalue weighted by Crippen LogP contribution is -2.38. The van der Waals surface area contributed by atoms with Crippen LogP contribution in [0.25, 0.3) is 0 Å². The van der Waals surface area contributed by atoms with E-state index in [4.69, 9.17) is 4.74 Å². The highest BCUT2D eigenvalue weighted by Crippen LogP contribution is 2.29. The summed E-state index contributed by atoms with van der Waals surface area (Å²) >= 11 is 0. The Morgan fingerprint density at radius 2 is 2.23 bits per heavy atom. The third-order valence-electron chi connectivity index (χ3n) is 4.78. The number of para-hydroxylation sites is 1. The Hall–Kier alpha value is -2.41. The second-order valence-corrected chi connectivity index (χ2v) is 7.46. The first kappa shape index (κ1) is 18.4. The molecule has 1 aromatic heterocycles. The monoisotopic (exact) mass is 360 g/mol. The molecule has 1 atom stereocenters. The van der Waals surface area contributed by atoms with Gasteiger partial charge in [-0.25, -0.2) is 4.39 Å². The van der Waals surface area contributed by atoms with Crippen LogP contribution in [-0.2, 0) is 6.61 Å². The first-order chi connectivity index (χ1) is 12.4. The molecule has 1 fully saturated rings. The molecule has 140 valence electrons. The summed E-state index contributed by atoms with van der Waals surface area (Å²) in [5.74, 6) is -0.377. The number of carbonyl (C=O) groups is 1. The van der Waals surface area contributed by atoms with Crippen LogP contribution < -0.4 is 4.74 Å². The average molecular weight is 360 g/mol. The van der Waals surface area contributed by atoms with Gasteiger partial charge in [0, 0.05) is 20.1 Å². The normalized spacial score (nSPS) is 20.3. The van der Waals surface area contributed by atoms with Crippen molar-refractivity contribution in [2.75, 3.05) is 33.7 Å².